The van der Waals surface area contributed by atoms with Gasteiger partial charge in [0.25, 0.3) is 0 Å². The van der Waals surface area contributed by atoms with Gasteiger partial charge < -0.3 is 0 Å². The molecule has 0 unspecified atom stereocenters. The first kappa shape index (κ1) is 14.4. The van der Waals surface area contributed by atoms with Crippen LogP contribution in [0.2, 0.25) is 0 Å². The van der Waals surface area contributed by atoms with Crippen LogP contribution in [0.3, 0.4) is 0 Å². The standard InChI is InChI=1S/C22H19P/c1-2-6-17(5-1)19-9-13-21(14-10-19)23-22-15-11-20(12-16-22)18-7-3-4-8-18/h1-18,23H. The van der Waals surface area contributed by atoms with Gasteiger partial charge in [0.2, 0.25) is 0 Å². The van der Waals surface area contributed by atoms with Gasteiger partial charge in [-0.15, -0.1) is 0 Å². The monoisotopic (exact) mass is 314 g/mol. The van der Waals surface area contributed by atoms with Gasteiger partial charge in [-0.05, 0) is 21.7 Å². The summed E-state index contributed by atoms with van der Waals surface area (Å²) in [4.78, 5) is 0. The van der Waals surface area contributed by atoms with Crippen LogP contribution in [-0.4, -0.2) is 0 Å². The lowest BCUT2D eigenvalue weighted by Gasteiger charge is -2.09. The van der Waals surface area contributed by atoms with Crippen molar-refractivity contribution in [3.8, 4) is 0 Å². The molecule has 2 aliphatic carbocycles. The Hall–Kier alpha value is -2.17. The van der Waals surface area contributed by atoms with E-state index in [1.807, 2.05) is 0 Å². The highest BCUT2D eigenvalue weighted by Crippen LogP contribution is 2.24. The van der Waals surface area contributed by atoms with Crippen molar-refractivity contribution in [1.82, 2.24) is 0 Å². The summed E-state index contributed by atoms with van der Waals surface area (Å²) in [6.45, 7) is 0. The van der Waals surface area contributed by atoms with Crippen LogP contribution in [0.1, 0.15) is 23.0 Å². The van der Waals surface area contributed by atoms with Crippen molar-refractivity contribution in [1.29, 1.82) is 0 Å². The lowest BCUT2D eigenvalue weighted by Crippen LogP contribution is -2.04. The van der Waals surface area contributed by atoms with Crippen LogP contribution in [0.5, 0.6) is 0 Å². The fraction of sp³-hybridized carbons (Fsp3) is 0.0909. The summed E-state index contributed by atoms with van der Waals surface area (Å²) >= 11 is 0. The molecule has 0 saturated carbocycles. The van der Waals surface area contributed by atoms with Gasteiger partial charge in [0.1, 0.15) is 0 Å². The summed E-state index contributed by atoms with van der Waals surface area (Å²) in [6, 6.07) is 18.1. The fourth-order valence-corrected chi connectivity index (χ4v) is 4.05. The number of allylic oxidation sites excluding steroid dienone is 8. The van der Waals surface area contributed by atoms with Crippen LogP contribution in [0, 0.1) is 0 Å². The van der Waals surface area contributed by atoms with E-state index in [1.165, 1.54) is 21.7 Å². The largest absolute Gasteiger partial charge is 0.0732 e. The summed E-state index contributed by atoms with van der Waals surface area (Å²) in [7, 11) is 0.718. The van der Waals surface area contributed by atoms with Crippen molar-refractivity contribution in [2.75, 3.05) is 0 Å². The van der Waals surface area contributed by atoms with Crippen LogP contribution in [0.25, 0.3) is 0 Å². The second kappa shape index (κ2) is 6.52. The highest BCUT2D eigenvalue weighted by molar-refractivity contribution is 7.55. The van der Waals surface area contributed by atoms with Gasteiger partial charge >= 0.3 is 0 Å². The maximum Gasteiger partial charge on any atom is 0.0204 e. The predicted molar refractivity (Wildman–Crippen MR) is 103 cm³/mol. The molecular formula is C22H19P. The average molecular weight is 314 g/mol. The number of benzene rings is 2. The predicted octanol–water partition coefficient (Wildman–Crippen LogP) is 4.74. The van der Waals surface area contributed by atoms with Gasteiger partial charge in [0.05, 0.1) is 0 Å². The lowest BCUT2D eigenvalue weighted by atomic mass is 10.0. The zero-order valence-corrected chi connectivity index (χ0v) is 13.9. The number of hydrogen-bond acceptors (Lipinski definition) is 0. The number of rotatable bonds is 4. The third kappa shape index (κ3) is 3.28. The molecule has 0 N–H and O–H groups in total. The molecule has 2 aromatic rings. The van der Waals surface area contributed by atoms with Crippen molar-refractivity contribution in [3.63, 3.8) is 0 Å². The van der Waals surface area contributed by atoms with Crippen LogP contribution in [-0.2, 0) is 0 Å². The quantitative estimate of drug-likeness (QED) is 0.715. The minimum Gasteiger partial charge on any atom is -0.0732 e. The Bertz CT molecular complexity index is 695. The molecule has 0 aliphatic heterocycles. The molecule has 0 heterocycles. The van der Waals surface area contributed by atoms with Crippen molar-refractivity contribution in [3.05, 3.63) is 108 Å². The van der Waals surface area contributed by atoms with E-state index in [4.69, 9.17) is 0 Å². The van der Waals surface area contributed by atoms with Gasteiger partial charge in [-0.1, -0.05) is 106 Å². The highest BCUT2D eigenvalue weighted by atomic mass is 31.1. The molecule has 0 amide bonds. The minimum atomic E-state index is 0.458. The second-order valence-electron chi connectivity index (χ2n) is 5.96. The van der Waals surface area contributed by atoms with E-state index in [0.29, 0.717) is 11.8 Å². The Balaban J connectivity index is 1.45. The third-order valence-corrected chi connectivity index (χ3v) is 5.62. The molecular weight excluding hydrogens is 295 g/mol. The molecule has 0 spiro atoms. The molecule has 1 heteroatoms. The topological polar surface area (TPSA) is 0 Å². The molecule has 0 aromatic heterocycles. The summed E-state index contributed by atoms with van der Waals surface area (Å²) < 4.78 is 0. The Morgan fingerprint density at radius 1 is 0.478 bits per heavy atom. The molecule has 0 fully saturated rings. The van der Waals surface area contributed by atoms with Gasteiger partial charge in [-0.2, -0.15) is 0 Å². The summed E-state index contributed by atoms with van der Waals surface area (Å²) in [6.07, 6.45) is 17.4. The molecule has 4 rings (SSSR count). The molecule has 0 atom stereocenters. The first-order valence-corrected chi connectivity index (χ1v) is 9.05. The van der Waals surface area contributed by atoms with E-state index in [2.05, 4.69) is 97.1 Å². The van der Waals surface area contributed by atoms with Crippen LogP contribution >= 0.6 is 8.58 Å². The Morgan fingerprint density at radius 3 is 1.17 bits per heavy atom. The molecule has 23 heavy (non-hydrogen) atoms. The van der Waals surface area contributed by atoms with E-state index < -0.39 is 0 Å². The van der Waals surface area contributed by atoms with Crippen molar-refractivity contribution < 1.29 is 0 Å². The molecule has 2 aromatic carbocycles. The van der Waals surface area contributed by atoms with E-state index >= 15 is 0 Å². The SMILES string of the molecule is C1=CC(c2ccc(Pc3ccc(C4C=CC=C4)cc3)cc2)C=C1. The van der Waals surface area contributed by atoms with Crippen molar-refractivity contribution >= 4 is 19.2 Å². The Morgan fingerprint density at radius 2 is 0.826 bits per heavy atom. The Kier molecular flexibility index (Phi) is 4.09. The van der Waals surface area contributed by atoms with E-state index in [9.17, 15) is 0 Å². The molecule has 0 radical (unpaired) electrons. The van der Waals surface area contributed by atoms with Gasteiger partial charge in [0.15, 0.2) is 0 Å². The zero-order chi connectivity index (χ0) is 15.5. The van der Waals surface area contributed by atoms with Gasteiger partial charge in [-0.25, -0.2) is 0 Å². The first-order valence-electron chi connectivity index (χ1n) is 8.05. The number of hydrogen-bond donors (Lipinski definition) is 0. The maximum absolute atomic E-state index is 2.27. The molecule has 0 nitrogen and oxygen atoms in total. The van der Waals surface area contributed by atoms with E-state index in [0.717, 1.165) is 8.58 Å². The van der Waals surface area contributed by atoms with Gasteiger partial charge in [0, 0.05) is 11.8 Å². The van der Waals surface area contributed by atoms with Crippen LogP contribution < -0.4 is 10.6 Å². The third-order valence-electron chi connectivity index (χ3n) is 4.38. The fourth-order valence-electron chi connectivity index (χ4n) is 3.05. The maximum atomic E-state index is 2.27. The minimum absolute atomic E-state index is 0.458. The Labute approximate surface area is 139 Å². The summed E-state index contributed by atoms with van der Waals surface area (Å²) in [5.41, 5.74) is 2.75. The normalized spacial score (nSPS) is 16.7. The molecule has 0 saturated heterocycles. The second-order valence-corrected chi connectivity index (χ2v) is 7.36. The average Bonchev–Trinajstić information content (AvgIpc) is 3.30. The van der Waals surface area contributed by atoms with E-state index in [1.54, 1.807) is 0 Å². The lowest BCUT2D eigenvalue weighted by molar-refractivity contribution is 1.11. The summed E-state index contributed by atoms with van der Waals surface area (Å²) in [5, 5.41) is 2.79. The summed E-state index contributed by atoms with van der Waals surface area (Å²) in [5.74, 6) is 0.915. The van der Waals surface area contributed by atoms with Crippen LogP contribution in [0.4, 0.5) is 0 Å². The van der Waals surface area contributed by atoms with E-state index in [-0.39, 0.29) is 0 Å². The smallest absolute Gasteiger partial charge is 0.0204 e. The van der Waals surface area contributed by atoms with Crippen molar-refractivity contribution in [2.24, 2.45) is 0 Å². The zero-order valence-electron chi connectivity index (χ0n) is 12.9. The van der Waals surface area contributed by atoms with Crippen LogP contribution in [0.15, 0.2) is 97.1 Å². The first-order chi connectivity index (χ1) is 11.4. The molecule has 0 bridgehead atoms. The molecule has 2 aliphatic rings. The molecule has 112 valence electrons. The highest BCUT2D eigenvalue weighted by Gasteiger charge is 2.08. The van der Waals surface area contributed by atoms with Crippen molar-refractivity contribution in [2.45, 2.75) is 11.8 Å². The van der Waals surface area contributed by atoms with Gasteiger partial charge in [-0.3, -0.25) is 0 Å².